The predicted octanol–water partition coefficient (Wildman–Crippen LogP) is 2.36. The first kappa shape index (κ1) is 12.7. The number of carbonyl (C=O) groups is 1. The molecule has 5 nitrogen and oxygen atoms in total. The van der Waals surface area contributed by atoms with E-state index in [1.165, 1.54) is 6.26 Å². The van der Waals surface area contributed by atoms with Crippen LogP contribution in [-0.4, -0.2) is 35.0 Å². The Kier molecular flexibility index (Phi) is 3.67. The molecule has 0 aromatic carbocycles. The van der Waals surface area contributed by atoms with Crippen LogP contribution in [0.25, 0.3) is 0 Å². The lowest BCUT2D eigenvalue weighted by molar-refractivity contribution is 0.0559. The van der Waals surface area contributed by atoms with Crippen LogP contribution in [0.1, 0.15) is 23.4 Å². The van der Waals surface area contributed by atoms with Crippen molar-refractivity contribution in [1.29, 1.82) is 0 Å². The van der Waals surface area contributed by atoms with E-state index in [-0.39, 0.29) is 12.0 Å². The Morgan fingerprint density at radius 1 is 1.25 bits per heavy atom. The van der Waals surface area contributed by atoms with Crippen LogP contribution in [0.15, 0.2) is 47.2 Å². The molecule has 0 saturated carbocycles. The fourth-order valence-electron chi connectivity index (χ4n) is 2.32. The van der Waals surface area contributed by atoms with Gasteiger partial charge >= 0.3 is 0 Å². The predicted molar refractivity (Wildman–Crippen MR) is 72.5 cm³/mol. The van der Waals surface area contributed by atoms with Crippen LogP contribution in [0.2, 0.25) is 0 Å². The quantitative estimate of drug-likeness (QED) is 0.860. The van der Waals surface area contributed by atoms with Crippen molar-refractivity contribution in [2.75, 3.05) is 13.1 Å². The summed E-state index contributed by atoms with van der Waals surface area (Å²) in [6.07, 6.45) is 4.96. The van der Waals surface area contributed by atoms with Crippen molar-refractivity contribution < 1.29 is 13.9 Å². The maximum atomic E-state index is 12.1. The number of pyridine rings is 1. The summed E-state index contributed by atoms with van der Waals surface area (Å²) >= 11 is 0. The van der Waals surface area contributed by atoms with Gasteiger partial charge in [0.25, 0.3) is 5.91 Å². The minimum atomic E-state index is -0.0497. The highest BCUT2D eigenvalue weighted by molar-refractivity contribution is 5.91. The second kappa shape index (κ2) is 5.77. The number of hydrogen-bond acceptors (Lipinski definition) is 4. The summed E-state index contributed by atoms with van der Waals surface area (Å²) in [7, 11) is 0. The smallest absolute Gasteiger partial charge is 0.289 e. The monoisotopic (exact) mass is 272 g/mol. The minimum absolute atomic E-state index is 0.0497. The molecule has 1 aliphatic heterocycles. The molecule has 5 heteroatoms. The van der Waals surface area contributed by atoms with Crippen LogP contribution in [-0.2, 0) is 0 Å². The molecule has 1 amide bonds. The first-order valence-electron chi connectivity index (χ1n) is 6.73. The van der Waals surface area contributed by atoms with E-state index in [4.69, 9.17) is 9.15 Å². The zero-order chi connectivity index (χ0) is 13.8. The molecule has 1 fully saturated rings. The number of piperidine rings is 1. The third kappa shape index (κ3) is 2.82. The van der Waals surface area contributed by atoms with Crippen LogP contribution >= 0.6 is 0 Å². The van der Waals surface area contributed by atoms with Crippen LogP contribution in [0, 0.1) is 0 Å². The fraction of sp³-hybridized carbons (Fsp3) is 0.333. The highest BCUT2D eigenvalue weighted by atomic mass is 16.5. The highest BCUT2D eigenvalue weighted by Crippen LogP contribution is 2.18. The summed E-state index contributed by atoms with van der Waals surface area (Å²) in [6.45, 7) is 1.36. The maximum Gasteiger partial charge on any atom is 0.289 e. The number of hydrogen-bond donors (Lipinski definition) is 0. The SMILES string of the molecule is O=C(c1ccco1)N1CCC(Oc2ccccn2)CC1. The molecule has 20 heavy (non-hydrogen) atoms. The van der Waals surface area contributed by atoms with Crippen molar-refractivity contribution >= 4 is 5.91 Å². The Balaban J connectivity index is 1.53. The summed E-state index contributed by atoms with van der Waals surface area (Å²) < 4.78 is 10.9. The molecule has 2 aromatic rings. The fourth-order valence-corrected chi connectivity index (χ4v) is 2.32. The standard InChI is InChI=1S/C15H16N2O3/c18-15(13-4-3-11-19-13)17-9-6-12(7-10-17)20-14-5-1-2-8-16-14/h1-5,8,11-12H,6-7,9-10H2. The average Bonchev–Trinajstić information content (AvgIpc) is 3.03. The van der Waals surface area contributed by atoms with Gasteiger partial charge in [0.1, 0.15) is 6.10 Å². The van der Waals surface area contributed by atoms with E-state index in [0.717, 1.165) is 12.8 Å². The number of ether oxygens (including phenoxy) is 1. The van der Waals surface area contributed by atoms with E-state index in [1.807, 2.05) is 18.2 Å². The molecule has 0 atom stereocenters. The normalized spacial score (nSPS) is 16.1. The lowest BCUT2D eigenvalue weighted by Crippen LogP contribution is -2.41. The van der Waals surface area contributed by atoms with E-state index < -0.39 is 0 Å². The topological polar surface area (TPSA) is 55.6 Å². The van der Waals surface area contributed by atoms with Crippen LogP contribution in [0.3, 0.4) is 0 Å². The zero-order valence-electron chi connectivity index (χ0n) is 11.1. The molecule has 0 bridgehead atoms. The van der Waals surface area contributed by atoms with Gasteiger partial charge in [-0.15, -0.1) is 0 Å². The second-order valence-electron chi connectivity index (χ2n) is 4.75. The largest absolute Gasteiger partial charge is 0.474 e. The number of rotatable bonds is 3. The summed E-state index contributed by atoms with van der Waals surface area (Å²) in [5, 5.41) is 0. The van der Waals surface area contributed by atoms with Gasteiger partial charge in [-0.2, -0.15) is 0 Å². The minimum Gasteiger partial charge on any atom is -0.474 e. The summed E-state index contributed by atoms with van der Waals surface area (Å²) in [5.74, 6) is 0.990. The van der Waals surface area contributed by atoms with Gasteiger partial charge in [-0.1, -0.05) is 6.07 Å². The molecule has 2 aromatic heterocycles. The number of amides is 1. The first-order valence-corrected chi connectivity index (χ1v) is 6.73. The van der Waals surface area contributed by atoms with E-state index in [0.29, 0.717) is 24.7 Å². The highest BCUT2D eigenvalue weighted by Gasteiger charge is 2.26. The third-order valence-electron chi connectivity index (χ3n) is 3.39. The number of furan rings is 1. The van der Waals surface area contributed by atoms with Crippen LogP contribution in [0.5, 0.6) is 5.88 Å². The Morgan fingerprint density at radius 3 is 2.75 bits per heavy atom. The Morgan fingerprint density at radius 2 is 2.10 bits per heavy atom. The Hall–Kier alpha value is -2.30. The lowest BCUT2D eigenvalue weighted by Gasteiger charge is -2.31. The van der Waals surface area contributed by atoms with Gasteiger partial charge in [0.05, 0.1) is 6.26 Å². The van der Waals surface area contributed by atoms with Crippen molar-refractivity contribution in [3.05, 3.63) is 48.6 Å². The summed E-state index contributed by atoms with van der Waals surface area (Å²) in [5.41, 5.74) is 0. The molecule has 104 valence electrons. The lowest BCUT2D eigenvalue weighted by atomic mass is 10.1. The van der Waals surface area contributed by atoms with Gasteiger partial charge in [0, 0.05) is 38.2 Å². The first-order chi connectivity index (χ1) is 9.83. The van der Waals surface area contributed by atoms with Crippen molar-refractivity contribution in [3.8, 4) is 5.88 Å². The number of likely N-dealkylation sites (tertiary alicyclic amines) is 1. The van der Waals surface area contributed by atoms with Gasteiger partial charge in [0.2, 0.25) is 5.88 Å². The molecule has 1 saturated heterocycles. The zero-order valence-corrected chi connectivity index (χ0v) is 11.1. The van der Waals surface area contributed by atoms with E-state index >= 15 is 0 Å². The Labute approximate surface area is 117 Å². The second-order valence-corrected chi connectivity index (χ2v) is 4.75. The molecule has 1 aliphatic rings. The van der Waals surface area contributed by atoms with E-state index in [2.05, 4.69) is 4.98 Å². The molecular formula is C15H16N2O3. The number of aromatic nitrogens is 1. The van der Waals surface area contributed by atoms with Crippen LogP contribution in [0.4, 0.5) is 0 Å². The number of carbonyl (C=O) groups excluding carboxylic acids is 1. The molecule has 3 rings (SSSR count). The molecule has 0 radical (unpaired) electrons. The van der Waals surface area contributed by atoms with Gasteiger partial charge in [-0.3, -0.25) is 4.79 Å². The van der Waals surface area contributed by atoms with Crippen molar-refractivity contribution in [2.24, 2.45) is 0 Å². The molecule has 0 aliphatic carbocycles. The van der Waals surface area contributed by atoms with Gasteiger partial charge in [0.15, 0.2) is 5.76 Å². The molecular weight excluding hydrogens is 256 g/mol. The van der Waals surface area contributed by atoms with Crippen molar-refractivity contribution in [3.63, 3.8) is 0 Å². The Bertz CT molecular complexity index is 546. The van der Waals surface area contributed by atoms with Crippen molar-refractivity contribution in [2.45, 2.75) is 18.9 Å². The van der Waals surface area contributed by atoms with Crippen molar-refractivity contribution in [1.82, 2.24) is 9.88 Å². The summed E-state index contributed by atoms with van der Waals surface area (Å²) in [4.78, 5) is 18.1. The molecule has 3 heterocycles. The molecule has 0 spiro atoms. The third-order valence-corrected chi connectivity index (χ3v) is 3.39. The van der Waals surface area contributed by atoms with Gasteiger partial charge in [-0.25, -0.2) is 4.98 Å². The molecule has 0 unspecified atom stereocenters. The summed E-state index contributed by atoms with van der Waals surface area (Å²) in [6, 6.07) is 9.03. The van der Waals surface area contributed by atoms with Gasteiger partial charge < -0.3 is 14.1 Å². The average molecular weight is 272 g/mol. The maximum absolute atomic E-state index is 12.1. The van der Waals surface area contributed by atoms with Gasteiger partial charge in [-0.05, 0) is 18.2 Å². The van der Waals surface area contributed by atoms with E-state index in [1.54, 1.807) is 23.2 Å². The van der Waals surface area contributed by atoms with Crippen LogP contribution < -0.4 is 4.74 Å². The van der Waals surface area contributed by atoms with E-state index in [9.17, 15) is 4.79 Å². The number of nitrogens with zero attached hydrogens (tertiary/aromatic N) is 2. The molecule has 0 N–H and O–H groups in total.